The van der Waals surface area contributed by atoms with Crippen LogP contribution in [0.5, 0.6) is 0 Å². The van der Waals surface area contributed by atoms with Crippen molar-refractivity contribution in [2.75, 3.05) is 31.1 Å². The van der Waals surface area contributed by atoms with E-state index in [-0.39, 0.29) is 17.4 Å². The molecular formula is C14H20N4O3S. The predicted molar refractivity (Wildman–Crippen MR) is 81.2 cm³/mol. The van der Waals surface area contributed by atoms with Crippen LogP contribution in [-0.4, -0.2) is 66.6 Å². The summed E-state index contributed by atoms with van der Waals surface area (Å²) >= 11 is 0. The van der Waals surface area contributed by atoms with E-state index in [4.69, 9.17) is 4.74 Å². The van der Waals surface area contributed by atoms with Crippen LogP contribution in [-0.2, 0) is 14.8 Å². The smallest absolute Gasteiger partial charge is 0.217 e. The van der Waals surface area contributed by atoms with Crippen molar-refractivity contribution < 1.29 is 13.2 Å². The van der Waals surface area contributed by atoms with Crippen LogP contribution in [0.2, 0.25) is 0 Å². The molecule has 8 heteroatoms. The van der Waals surface area contributed by atoms with Crippen LogP contribution >= 0.6 is 0 Å². The Labute approximate surface area is 130 Å². The molecule has 1 aromatic rings. The van der Waals surface area contributed by atoms with E-state index in [1.807, 2.05) is 19.1 Å². The van der Waals surface area contributed by atoms with E-state index in [9.17, 15) is 8.42 Å². The summed E-state index contributed by atoms with van der Waals surface area (Å²) in [6.07, 6.45) is 1.51. The molecule has 0 bridgehead atoms. The minimum Gasteiger partial charge on any atom is -0.373 e. The SMILES string of the molecule is Cc1ccc(N2CCO[C@H]3CN(S(=O)(=O)C4CC4)C[C@H]32)nn1. The van der Waals surface area contributed by atoms with Gasteiger partial charge in [0.05, 0.1) is 29.7 Å². The third-order valence-electron chi connectivity index (χ3n) is 4.65. The maximum atomic E-state index is 12.5. The molecule has 22 heavy (non-hydrogen) atoms. The first-order valence-electron chi connectivity index (χ1n) is 7.73. The quantitative estimate of drug-likeness (QED) is 0.789. The van der Waals surface area contributed by atoms with Gasteiger partial charge in [0.15, 0.2) is 5.82 Å². The van der Waals surface area contributed by atoms with Crippen LogP contribution < -0.4 is 4.90 Å². The van der Waals surface area contributed by atoms with Gasteiger partial charge in [-0.3, -0.25) is 0 Å². The molecule has 3 aliphatic rings. The lowest BCUT2D eigenvalue weighted by Gasteiger charge is -2.37. The van der Waals surface area contributed by atoms with Gasteiger partial charge < -0.3 is 9.64 Å². The fourth-order valence-electron chi connectivity index (χ4n) is 3.27. The zero-order valence-electron chi connectivity index (χ0n) is 12.6. The molecule has 1 aliphatic carbocycles. The number of ether oxygens (including phenoxy) is 1. The summed E-state index contributed by atoms with van der Waals surface area (Å²) in [5.74, 6) is 0.801. The van der Waals surface area contributed by atoms with E-state index in [1.165, 1.54) is 0 Å². The second kappa shape index (κ2) is 5.14. The average Bonchev–Trinajstić information content (AvgIpc) is 3.27. The Bertz CT molecular complexity index is 659. The zero-order chi connectivity index (χ0) is 15.3. The number of aromatic nitrogens is 2. The third kappa shape index (κ3) is 2.39. The van der Waals surface area contributed by atoms with Crippen molar-refractivity contribution in [3.63, 3.8) is 0 Å². The van der Waals surface area contributed by atoms with Gasteiger partial charge in [-0.25, -0.2) is 8.42 Å². The number of aryl methyl sites for hydroxylation is 1. The summed E-state index contributed by atoms with van der Waals surface area (Å²) < 4.78 is 32.3. The molecule has 0 spiro atoms. The first-order chi connectivity index (χ1) is 10.6. The molecule has 0 unspecified atom stereocenters. The monoisotopic (exact) mass is 324 g/mol. The van der Waals surface area contributed by atoms with Gasteiger partial charge in [0.25, 0.3) is 0 Å². The van der Waals surface area contributed by atoms with Crippen LogP contribution in [0.1, 0.15) is 18.5 Å². The Hall–Kier alpha value is -1.25. The molecular weight excluding hydrogens is 304 g/mol. The van der Waals surface area contributed by atoms with Crippen LogP contribution in [0.15, 0.2) is 12.1 Å². The second-order valence-electron chi connectivity index (χ2n) is 6.26. The Kier molecular flexibility index (Phi) is 3.35. The molecule has 2 saturated heterocycles. The summed E-state index contributed by atoms with van der Waals surface area (Å²) in [7, 11) is -3.15. The molecule has 0 aromatic carbocycles. The lowest BCUT2D eigenvalue weighted by molar-refractivity contribution is 0.0328. The summed E-state index contributed by atoms with van der Waals surface area (Å²) in [6, 6.07) is 3.91. The van der Waals surface area contributed by atoms with E-state index >= 15 is 0 Å². The fraction of sp³-hybridized carbons (Fsp3) is 0.714. The highest BCUT2D eigenvalue weighted by molar-refractivity contribution is 7.90. The molecule has 2 aliphatic heterocycles. The molecule has 0 amide bonds. The number of anilines is 1. The molecule has 7 nitrogen and oxygen atoms in total. The van der Waals surface area contributed by atoms with Crippen molar-refractivity contribution in [1.29, 1.82) is 0 Å². The van der Waals surface area contributed by atoms with Gasteiger partial charge in [-0.1, -0.05) is 0 Å². The Balaban J connectivity index is 1.57. The average molecular weight is 324 g/mol. The van der Waals surface area contributed by atoms with Gasteiger partial charge in [0.2, 0.25) is 10.0 Å². The van der Waals surface area contributed by atoms with E-state index in [1.54, 1.807) is 4.31 Å². The van der Waals surface area contributed by atoms with Crippen molar-refractivity contribution in [1.82, 2.24) is 14.5 Å². The van der Waals surface area contributed by atoms with Crippen molar-refractivity contribution >= 4 is 15.8 Å². The van der Waals surface area contributed by atoms with Gasteiger partial charge in [-0.05, 0) is 31.9 Å². The number of rotatable bonds is 3. The minimum atomic E-state index is -3.15. The molecule has 3 heterocycles. The summed E-state index contributed by atoms with van der Waals surface area (Å²) in [6.45, 7) is 4.15. The summed E-state index contributed by atoms with van der Waals surface area (Å²) in [5.41, 5.74) is 0.873. The van der Waals surface area contributed by atoms with Crippen LogP contribution in [0, 0.1) is 6.92 Å². The van der Waals surface area contributed by atoms with Crippen molar-refractivity contribution in [2.24, 2.45) is 0 Å². The second-order valence-corrected chi connectivity index (χ2v) is 8.48. The molecule has 1 saturated carbocycles. The maximum absolute atomic E-state index is 12.5. The lowest BCUT2D eigenvalue weighted by Crippen LogP contribution is -2.51. The van der Waals surface area contributed by atoms with Gasteiger partial charge in [0.1, 0.15) is 0 Å². The van der Waals surface area contributed by atoms with Gasteiger partial charge in [0, 0.05) is 19.6 Å². The molecule has 2 atom stereocenters. The predicted octanol–water partition coefficient (Wildman–Crippen LogP) is 0.167. The van der Waals surface area contributed by atoms with Crippen molar-refractivity contribution in [3.05, 3.63) is 17.8 Å². The highest BCUT2D eigenvalue weighted by Gasteiger charge is 2.49. The number of hydrogen-bond acceptors (Lipinski definition) is 6. The van der Waals surface area contributed by atoms with Crippen LogP contribution in [0.25, 0.3) is 0 Å². The highest BCUT2D eigenvalue weighted by atomic mass is 32.2. The summed E-state index contributed by atoms with van der Waals surface area (Å²) in [4.78, 5) is 2.14. The minimum absolute atomic E-state index is 0.0271. The van der Waals surface area contributed by atoms with E-state index < -0.39 is 10.0 Å². The molecule has 0 N–H and O–H groups in total. The molecule has 3 fully saturated rings. The Morgan fingerprint density at radius 2 is 2.05 bits per heavy atom. The van der Waals surface area contributed by atoms with Crippen molar-refractivity contribution in [3.8, 4) is 0 Å². The van der Waals surface area contributed by atoms with E-state index in [0.717, 1.165) is 30.9 Å². The highest BCUT2D eigenvalue weighted by Crippen LogP contribution is 2.35. The van der Waals surface area contributed by atoms with Crippen LogP contribution in [0.3, 0.4) is 0 Å². The molecule has 120 valence electrons. The number of morpholine rings is 1. The normalized spacial score (nSPS) is 29.6. The standard InChI is InChI=1S/C14H20N4O3S/c1-10-2-5-14(16-15-10)18-6-7-21-13-9-17(8-12(13)18)22(19,20)11-3-4-11/h2,5,11-13H,3-4,6-9H2,1H3/t12-,13+/m1/s1. The number of hydrogen-bond donors (Lipinski definition) is 0. The third-order valence-corrected chi connectivity index (χ3v) is 6.98. The first kappa shape index (κ1) is 14.3. The Morgan fingerprint density at radius 1 is 1.23 bits per heavy atom. The maximum Gasteiger partial charge on any atom is 0.217 e. The largest absolute Gasteiger partial charge is 0.373 e. The van der Waals surface area contributed by atoms with Gasteiger partial charge in [-0.2, -0.15) is 9.40 Å². The number of nitrogens with zero attached hydrogens (tertiary/aromatic N) is 4. The van der Waals surface area contributed by atoms with Crippen molar-refractivity contribution in [2.45, 2.75) is 37.2 Å². The van der Waals surface area contributed by atoms with Gasteiger partial charge >= 0.3 is 0 Å². The van der Waals surface area contributed by atoms with Gasteiger partial charge in [-0.15, -0.1) is 5.10 Å². The molecule has 1 aromatic heterocycles. The first-order valence-corrected chi connectivity index (χ1v) is 9.23. The fourth-order valence-corrected chi connectivity index (χ4v) is 5.14. The molecule has 0 radical (unpaired) electrons. The zero-order valence-corrected chi connectivity index (χ0v) is 13.4. The molecule has 4 rings (SSSR count). The summed E-state index contributed by atoms with van der Waals surface area (Å²) in [5, 5.41) is 8.19. The van der Waals surface area contributed by atoms with E-state index in [2.05, 4.69) is 15.1 Å². The van der Waals surface area contributed by atoms with Crippen LogP contribution in [0.4, 0.5) is 5.82 Å². The lowest BCUT2D eigenvalue weighted by atomic mass is 10.1. The number of fused-ring (bicyclic) bond motifs is 1. The topological polar surface area (TPSA) is 75.6 Å². The number of sulfonamides is 1. The Morgan fingerprint density at radius 3 is 2.73 bits per heavy atom. The van der Waals surface area contributed by atoms with E-state index in [0.29, 0.717) is 19.7 Å².